The first kappa shape index (κ1) is 23.7. The molecule has 0 aromatic heterocycles. The molecule has 3 aromatic rings. The van der Waals surface area contributed by atoms with E-state index in [0.717, 1.165) is 28.0 Å². The summed E-state index contributed by atoms with van der Waals surface area (Å²) in [5, 5.41) is 0. The number of amides is 2. The molecule has 36 heavy (non-hydrogen) atoms. The second-order valence-electron chi connectivity index (χ2n) is 9.15. The highest BCUT2D eigenvalue weighted by Crippen LogP contribution is 2.39. The Bertz CT molecular complexity index is 1260. The average Bonchev–Trinajstić information content (AvgIpc) is 3.14. The molecule has 0 aliphatic carbocycles. The Morgan fingerprint density at radius 3 is 2.61 bits per heavy atom. The van der Waals surface area contributed by atoms with E-state index in [0.29, 0.717) is 44.2 Å². The maximum absolute atomic E-state index is 13.3. The summed E-state index contributed by atoms with van der Waals surface area (Å²) >= 11 is 0. The molecule has 1 saturated heterocycles. The van der Waals surface area contributed by atoms with Crippen LogP contribution in [-0.4, -0.2) is 62.1 Å². The Labute approximate surface area is 211 Å². The summed E-state index contributed by atoms with van der Waals surface area (Å²) < 4.78 is 17.1. The van der Waals surface area contributed by atoms with Gasteiger partial charge in [0.05, 0.1) is 27.3 Å². The van der Waals surface area contributed by atoms with Crippen molar-refractivity contribution in [2.45, 2.75) is 18.9 Å². The summed E-state index contributed by atoms with van der Waals surface area (Å²) in [7, 11) is 3.26. The summed E-state index contributed by atoms with van der Waals surface area (Å²) in [5.41, 5.74) is 3.93. The van der Waals surface area contributed by atoms with Crippen LogP contribution in [0.15, 0.2) is 66.7 Å². The van der Waals surface area contributed by atoms with Gasteiger partial charge in [0.15, 0.2) is 11.5 Å². The largest absolute Gasteiger partial charge is 0.497 e. The Morgan fingerprint density at radius 1 is 1.00 bits per heavy atom. The highest BCUT2D eigenvalue weighted by atomic mass is 16.5. The standard InChI is InChI=1S/C29H30N2O5/c1-34-25-10-6-9-21(14-25)22-13-24-18-30(11-12-36-29(24)26(15-22)35-2)28(33)19-31-17-23(16-27(31)32)20-7-4-3-5-8-20/h3-10,13-15,23H,11-12,16-19H2,1-2H3. The number of rotatable bonds is 6. The third kappa shape index (κ3) is 4.87. The lowest BCUT2D eigenvalue weighted by molar-refractivity contribution is -0.138. The van der Waals surface area contributed by atoms with Crippen LogP contribution in [0.1, 0.15) is 23.5 Å². The van der Waals surface area contributed by atoms with Gasteiger partial charge in [0.25, 0.3) is 0 Å². The minimum atomic E-state index is -0.0840. The van der Waals surface area contributed by atoms with E-state index in [2.05, 4.69) is 0 Å². The Balaban J connectivity index is 1.34. The lowest BCUT2D eigenvalue weighted by Gasteiger charge is -2.24. The SMILES string of the molecule is COc1cccc(-c2cc3c(c(OC)c2)OCCN(C(=O)CN2CC(c4ccccc4)CC2=O)C3)c1. The molecule has 7 nitrogen and oxygen atoms in total. The van der Waals surface area contributed by atoms with E-state index in [1.165, 1.54) is 0 Å². The molecule has 186 valence electrons. The summed E-state index contributed by atoms with van der Waals surface area (Å²) in [5.74, 6) is 2.10. The Kier molecular flexibility index (Phi) is 6.80. The second-order valence-corrected chi connectivity index (χ2v) is 9.15. The van der Waals surface area contributed by atoms with Gasteiger partial charge >= 0.3 is 0 Å². The first-order valence-corrected chi connectivity index (χ1v) is 12.1. The molecule has 5 rings (SSSR count). The van der Waals surface area contributed by atoms with Crippen LogP contribution in [-0.2, 0) is 16.1 Å². The zero-order valence-corrected chi connectivity index (χ0v) is 20.6. The average molecular weight is 487 g/mol. The molecule has 1 atom stereocenters. The summed E-state index contributed by atoms with van der Waals surface area (Å²) in [6, 6.07) is 21.8. The highest BCUT2D eigenvalue weighted by molar-refractivity contribution is 5.87. The maximum atomic E-state index is 13.3. The lowest BCUT2D eigenvalue weighted by Crippen LogP contribution is -2.41. The fourth-order valence-electron chi connectivity index (χ4n) is 4.95. The Morgan fingerprint density at radius 2 is 1.83 bits per heavy atom. The minimum Gasteiger partial charge on any atom is -0.497 e. The molecule has 1 unspecified atom stereocenters. The number of likely N-dealkylation sites (tertiary alicyclic amines) is 1. The number of hydrogen-bond donors (Lipinski definition) is 0. The molecule has 1 fully saturated rings. The molecule has 3 aromatic carbocycles. The summed E-state index contributed by atoms with van der Waals surface area (Å²) in [6.07, 6.45) is 0.435. The third-order valence-electron chi connectivity index (χ3n) is 6.89. The van der Waals surface area contributed by atoms with Gasteiger partial charge in [0, 0.05) is 31.0 Å². The Hall–Kier alpha value is -4.00. The normalized spacial score (nSPS) is 17.3. The molecule has 2 amide bonds. The molecule has 0 radical (unpaired) electrons. The minimum absolute atomic E-state index is 0.0191. The van der Waals surface area contributed by atoms with Crippen LogP contribution in [0.25, 0.3) is 11.1 Å². The second kappa shape index (κ2) is 10.3. The van der Waals surface area contributed by atoms with Crippen molar-refractivity contribution >= 4 is 11.8 Å². The van der Waals surface area contributed by atoms with E-state index in [1.54, 1.807) is 24.0 Å². The van der Waals surface area contributed by atoms with Gasteiger partial charge in [-0.25, -0.2) is 0 Å². The molecule has 2 aliphatic heterocycles. The van der Waals surface area contributed by atoms with Crippen molar-refractivity contribution in [3.05, 3.63) is 77.9 Å². The first-order chi connectivity index (χ1) is 17.6. The van der Waals surface area contributed by atoms with Gasteiger partial charge in [-0.3, -0.25) is 9.59 Å². The van der Waals surface area contributed by atoms with Gasteiger partial charge in [0.2, 0.25) is 11.8 Å². The van der Waals surface area contributed by atoms with Crippen LogP contribution in [0.4, 0.5) is 0 Å². The number of fused-ring (bicyclic) bond motifs is 1. The van der Waals surface area contributed by atoms with Gasteiger partial charge in [-0.05, 0) is 41.0 Å². The monoisotopic (exact) mass is 486 g/mol. The van der Waals surface area contributed by atoms with E-state index in [1.807, 2.05) is 66.7 Å². The topological polar surface area (TPSA) is 68.3 Å². The number of benzene rings is 3. The van der Waals surface area contributed by atoms with Gasteiger partial charge in [-0.2, -0.15) is 0 Å². The molecule has 0 bridgehead atoms. The van der Waals surface area contributed by atoms with Gasteiger partial charge in [-0.15, -0.1) is 0 Å². The van der Waals surface area contributed by atoms with Crippen LogP contribution in [0, 0.1) is 0 Å². The molecule has 0 N–H and O–H groups in total. The predicted molar refractivity (Wildman–Crippen MR) is 136 cm³/mol. The van der Waals surface area contributed by atoms with Crippen molar-refractivity contribution in [1.82, 2.24) is 9.80 Å². The highest BCUT2D eigenvalue weighted by Gasteiger charge is 2.33. The molecular weight excluding hydrogens is 456 g/mol. The van der Waals surface area contributed by atoms with Crippen molar-refractivity contribution in [3.63, 3.8) is 0 Å². The van der Waals surface area contributed by atoms with E-state index < -0.39 is 0 Å². The predicted octanol–water partition coefficient (Wildman–Crippen LogP) is 4.11. The van der Waals surface area contributed by atoms with Crippen molar-refractivity contribution in [1.29, 1.82) is 0 Å². The zero-order valence-electron chi connectivity index (χ0n) is 20.6. The van der Waals surface area contributed by atoms with Crippen LogP contribution in [0.2, 0.25) is 0 Å². The third-order valence-corrected chi connectivity index (χ3v) is 6.89. The van der Waals surface area contributed by atoms with Gasteiger partial charge < -0.3 is 24.0 Å². The van der Waals surface area contributed by atoms with E-state index in [4.69, 9.17) is 14.2 Å². The number of carbonyl (C=O) groups is 2. The van der Waals surface area contributed by atoms with E-state index >= 15 is 0 Å². The van der Waals surface area contributed by atoms with Crippen molar-refractivity contribution in [2.24, 2.45) is 0 Å². The van der Waals surface area contributed by atoms with Crippen molar-refractivity contribution in [3.8, 4) is 28.4 Å². The number of methoxy groups -OCH3 is 2. The van der Waals surface area contributed by atoms with Gasteiger partial charge in [-0.1, -0.05) is 42.5 Å². The van der Waals surface area contributed by atoms with Crippen LogP contribution >= 0.6 is 0 Å². The molecule has 2 heterocycles. The number of hydrogen-bond acceptors (Lipinski definition) is 5. The summed E-state index contributed by atoms with van der Waals surface area (Å²) in [6.45, 7) is 1.81. The molecule has 0 saturated carbocycles. The van der Waals surface area contributed by atoms with Gasteiger partial charge in [0.1, 0.15) is 12.4 Å². The van der Waals surface area contributed by atoms with Crippen molar-refractivity contribution < 1.29 is 23.8 Å². The van der Waals surface area contributed by atoms with Crippen LogP contribution in [0.5, 0.6) is 17.2 Å². The fourth-order valence-corrected chi connectivity index (χ4v) is 4.95. The number of ether oxygens (including phenoxy) is 3. The maximum Gasteiger partial charge on any atom is 0.242 e. The van der Waals surface area contributed by atoms with Crippen molar-refractivity contribution in [2.75, 3.05) is 40.5 Å². The molecule has 7 heteroatoms. The quantitative estimate of drug-likeness (QED) is 0.525. The summed E-state index contributed by atoms with van der Waals surface area (Å²) in [4.78, 5) is 29.5. The molecule has 0 spiro atoms. The van der Waals surface area contributed by atoms with Crippen LogP contribution in [0.3, 0.4) is 0 Å². The number of carbonyl (C=O) groups excluding carboxylic acids is 2. The zero-order chi connectivity index (χ0) is 25.1. The first-order valence-electron chi connectivity index (χ1n) is 12.1. The molecular formula is C29H30N2O5. The fraction of sp³-hybridized carbons (Fsp3) is 0.310. The van der Waals surface area contributed by atoms with E-state index in [-0.39, 0.29) is 24.3 Å². The van der Waals surface area contributed by atoms with Crippen LogP contribution < -0.4 is 14.2 Å². The van der Waals surface area contributed by atoms with E-state index in [9.17, 15) is 9.59 Å². The molecule has 2 aliphatic rings. The number of nitrogens with zero attached hydrogens (tertiary/aromatic N) is 2. The lowest BCUT2D eigenvalue weighted by atomic mass is 9.99. The smallest absolute Gasteiger partial charge is 0.242 e.